The van der Waals surface area contributed by atoms with Gasteiger partial charge in [-0.2, -0.15) is 0 Å². The number of halogens is 1. The lowest BCUT2D eigenvalue weighted by Gasteiger charge is -2.30. The van der Waals surface area contributed by atoms with E-state index < -0.39 is 51.5 Å². The first-order chi connectivity index (χ1) is 17.8. The molecule has 3 heterocycles. The van der Waals surface area contributed by atoms with Crippen molar-refractivity contribution in [3.63, 3.8) is 0 Å². The maximum atomic E-state index is 13.6. The number of aromatic nitrogens is 1. The second-order valence-electron chi connectivity index (χ2n) is 8.42. The van der Waals surface area contributed by atoms with Crippen molar-refractivity contribution in [1.29, 1.82) is 0 Å². The number of benzene rings is 2. The summed E-state index contributed by atoms with van der Waals surface area (Å²) in [6, 6.07) is 11.7. The molecule has 1 aromatic heterocycles. The van der Waals surface area contributed by atoms with Gasteiger partial charge in [0.25, 0.3) is 0 Å². The van der Waals surface area contributed by atoms with Crippen LogP contribution in [0.4, 0.5) is 10.1 Å². The minimum Gasteiger partial charge on any atom is -0.462 e. The molecule has 0 saturated carbocycles. The number of carbonyl (C=O) groups excluding carboxylic acids is 4. The SMILES string of the molecule is CCOC(=O)c1ccc(NC(=O)Cn2c3c(sc2=O)C(c2ccc(F)cc2)C2C(=O)NC(=O)C2S3)cc1. The Labute approximate surface area is 218 Å². The molecule has 0 radical (unpaired) electrons. The zero-order valence-corrected chi connectivity index (χ0v) is 21.0. The summed E-state index contributed by atoms with van der Waals surface area (Å²) in [4.78, 5) is 63.0. The Kier molecular flexibility index (Phi) is 6.69. The molecule has 2 N–H and O–H groups in total. The Morgan fingerprint density at radius 3 is 2.43 bits per heavy atom. The average Bonchev–Trinajstić information content (AvgIpc) is 3.33. The van der Waals surface area contributed by atoms with Crippen LogP contribution in [0.1, 0.15) is 33.6 Å². The summed E-state index contributed by atoms with van der Waals surface area (Å²) in [5.74, 6) is -3.71. The number of nitrogens with zero attached hydrogens (tertiary/aromatic N) is 1. The van der Waals surface area contributed by atoms with Crippen molar-refractivity contribution in [2.24, 2.45) is 5.92 Å². The molecule has 2 aromatic carbocycles. The fourth-order valence-corrected chi connectivity index (χ4v) is 7.19. The van der Waals surface area contributed by atoms with Crippen LogP contribution < -0.4 is 15.5 Å². The molecule has 3 unspecified atom stereocenters. The minimum atomic E-state index is -0.784. The van der Waals surface area contributed by atoms with Crippen molar-refractivity contribution in [1.82, 2.24) is 9.88 Å². The number of hydrogen-bond donors (Lipinski definition) is 2. The molecule has 0 bridgehead atoms. The molecular weight excluding hydrogens is 521 g/mol. The number of esters is 1. The Hall–Kier alpha value is -3.77. The molecule has 190 valence electrons. The van der Waals surface area contributed by atoms with Gasteiger partial charge in [-0.1, -0.05) is 35.2 Å². The van der Waals surface area contributed by atoms with Gasteiger partial charge in [0, 0.05) is 16.5 Å². The first-order valence-electron chi connectivity index (χ1n) is 11.3. The van der Waals surface area contributed by atoms with Crippen molar-refractivity contribution in [3.8, 4) is 0 Å². The van der Waals surface area contributed by atoms with Crippen LogP contribution in [0.5, 0.6) is 0 Å². The van der Waals surface area contributed by atoms with Gasteiger partial charge in [-0.15, -0.1) is 0 Å². The Balaban J connectivity index is 1.43. The van der Waals surface area contributed by atoms with E-state index in [0.29, 0.717) is 26.7 Å². The molecule has 9 nitrogen and oxygen atoms in total. The number of anilines is 1. The van der Waals surface area contributed by atoms with E-state index in [4.69, 9.17) is 4.74 Å². The van der Waals surface area contributed by atoms with E-state index in [1.165, 1.54) is 41.0 Å². The van der Waals surface area contributed by atoms with Gasteiger partial charge < -0.3 is 10.1 Å². The van der Waals surface area contributed by atoms with Crippen molar-refractivity contribution >= 4 is 52.5 Å². The molecule has 3 aromatic rings. The zero-order chi connectivity index (χ0) is 26.3. The van der Waals surface area contributed by atoms with E-state index in [9.17, 15) is 28.4 Å². The summed E-state index contributed by atoms with van der Waals surface area (Å²) < 4.78 is 19.8. The fourth-order valence-electron chi connectivity index (χ4n) is 4.45. The Morgan fingerprint density at radius 1 is 1.05 bits per heavy atom. The zero-order valence-electron chi connectivity index (χ0n) is 19.4. The number of hydrogen-bond acceptors (Lipinski definition) is 8. The standard InChI is InChI=1S/C25H20FN3O6S2/c1-2-35-24(33)13-5-9-15(10-6-13)27-16(30)11-29-23-20(37-25(29)34)17(12-3-7-14(26)8-4-12)18-19(36-23)22(32)28-21(18)31/h3-10,17-19H,2,11H2,1H3,(H,27,30)(H,28,31,32). The van der Waals surface area contributed by atoms with Crippen LogP contribution in [0, 0.1) is 11.7 Å². The summed E-state index contributed by atoms with van der Waals surface area (Å²) in [5, 5.41) is 4.70. The highest BCUT2D eigenvalue weighted by Crippen LogP contribution is 2.51. The fraction of sp³-hybridized carbons (Fsp3) is 0.240. The van der Waals surface area contributed by atoms with E-state index in [0.717, 1.165) is 23.1 Å². The normalized spacial score (nSPS) is 20.1. The maximum absolute atomic E-state index is 13.6. The van der Waals surface area contributed by atoms with Crippen LogP contribution in [0.25, 0.3) is 0 Å². The lowest BCUT2D eigenvalue weighted by atomic mass is 9.83. The van der Waals surface area contributed by atoms with Gasteiger partial charge in [0.1, 0.15) is 17.6 Å². The molecule has 1 fully saturated rings. The molecular formula is C25H20FN3O6S2. The predicted octanol–water partition coefficient (Wildman–Crippen LogP) is 2.74. The van der Waals surface area contributed by atoms with Gasteiger partial charge in [-0.05, 0) is 48.9 Å². The van der Waals surface area contributed by atoms with E-state index >= 15 is 0 Å². The second kappa shape index (κ2) is 9.94. The van der Waals surface area contributed by atoms with Crippen LogP contribution in [-0.2, 0) is 25.7 Å². The molecule has 12 heteroatoms. The largest absolute Gasteiger partial charge is 0.462 e. The summed E-state index contributed by atoms with van der Waals surface area (Å²) in [7, 11) is 0. The maximum Gasteiger partial charge on any atom is 0.338 e. The van der Waals surface area contributed by atoms with Crippen LogP contribution in [0.2, 0.25) is 0 Å². The molecule has 0 aliphatic carbocycles. The molecule has 3 atom stereocenters. The minimum absolute atomic E-state index is 0.245. The summed E-state index contributed by atoms with van der Waals surface area (Å²) >= 11 is 1.99. The number of ether oxygens (including phenoxy) is 1. The molecule has 2 aliphatic rings. The third-order valence-corrected chi connectivity index (χ3v) is 8.71. The van der Waals surface area contributed by atoms with Gasteiger partial charge in [0.05, 0.1) is 23.1 Å². The van der Waals surface area contributed by atoms with Crippen molar-refractivity contribution in [3.05, 3.63) is 80.0 Å². The van der Waals surface area contributed by atoms with Crippen molar-refractivity contribution in [2.75, 3.05) is 11.9 Å². The molecule has 37 heavy (non-hydrogen) atoms. The van der Waals surface area contributed by atoms with Gasteiger partial charge in [0.15, 0.2) is 0 Å². The molecule has 3 amide bonds. The Morgan fingerprint density at radius 2 is 1.76 bits per heavy atom. The molecule has 2 aliphatic heterocycles. The van der Waals surface area contributed by atoms with Crippen molar-refractivity contribution < 1.29 is 28.3 Å². The number of nitrogens with one attached hydrogen (secondary N) is 2. The van der Waals surface area contributed by atoms with Gasteiger partial charge in [-0.3, -0.25) is 29.1 Å². The highest BCUT2D eigenvalue weighted by atomic mass is 32.2. The average molecular weight is 542 g/mol. The first-order valence-corrected chi connectivity index (χ1v) is 13.0. The van der Waals surface area contributed by atoms with E-state index in [-0.39, 0.29) is 13.2 Å². The van der Waals surface area contributed by atoms with Crippen LogP contribution in [0.15, 0.2) is 58.4 Å². The van der Waals surface area contributed by atoms with E-state index in [2.05, 4.69) is 10.6 Å². The quantitative estimate of drug-likeness (QED) is 0.363. The monoisotopic (exact) mass is 541 g/mol. The summed E-state index contributed by atoms with van der Waals surface area (Å²) in [5.41, 5.74) is 1.36. The number of amides is 3. The topological polar surface area (TPSA) is 124 Å². The number of imide groups is 1. The van der Waals surface area contributed by atoms with Gasteiger partial charge >= 0.3 is 10.8 Å². The summed E-state index contributed by atoms with van der Waals surface area (Å²) in [6.07, 6.45) is 0. The summed E-state index contributed by atoms with van der Waals surface area (Å²) in [6.45, 7) is 1.63. The number of thiazole rings is 1. The number of carbonyl (C=O) groups is 4. The van der Waals surface area contributed by atoms with E-state index in [1.54, 1.807) is 19.1 Å². The third kappa shape index (κ3) is 4.69. The van der Waals surface area contributed by atoms with Crippen LogP contribution in [-0.4, -0.2) is 40.1 Å². The number of fused-ring (bicyclic) bond motifs is 2. The smallest absolute Gasteiger partial charge is 0.338 e. The van der Waals surface area contributed by atoms with Crippen molar-refractivity contribution in [2.45, 2.75) is 29.7 Å². The van der Waals surface area contributed by atoms with Crippen LogP contribution >= 0.6 is 23.1 Å². The van der Waals surface area contributed by atoms with Gasteiger partial charge in [-0.25, -0.2) is 9.18 Å². The number of thioether (sulfide) groups is 1. The lowest BCUT2D eigenvalue weighted by Crippen LogP contribution is -2.32. The number of rotatable bonds is 6. The molecule has 0 spiro atoms. The lowest BCUT2D eigenvalue weighted by molar-refractivity contribution is -0.126. The van der Waals surface area contributed by atoms with E-state index in [1.807, 2.05) is 0 Å². The van der Waals surface area contributed by atoms with Gasteiger partial charge in [0.2, 0.25) is 17.7 Å². The predicted molar refractivity (Wildman–Crippen MR) is 134 cm³/mol. The molecule has 1 saturated heterocycles. The highest BCUT2D eigenvalue weighted by Gasteiger charge is 2.52. The molecule has 5 rings (SSSR count). The second-order valence-corrected chi connectivity index (χ2v) is 10.5. The first kappa shape index (κ1) is 24.9. The van der Waals surface area contributed by atoms with Crippen LogP contribution in [0.3, 0.4) is 0 Å². The third-order valence-electron chi connectivity index (χ3n) is 6.10. The Bertz CT molecular complexity index is 1470. The highest BCUT2D eigenvalue weighted by molar-refractivity contribution is 8.00.